The Kier molecular flexibility index (Phi) is 4.48. The van der Waals surface area contributed by atoms with Gasteiger partial charge in [0.1, 0.15) is 0 Å². The van der Waals surface area contributed by atoms with Crippen molar-refractivity contribution in [1.82, 2.24) is 5.32 Å². The van der Waals surface area contributed by atoms with Crippen molar-refractivity contribution in [2.45, 2.75) is 76.8 Å². The molecule has 0 heterocycles. The van der Waals surface area contributed by atoms with Crippen LogP contribution >= 0.6 is 0 Å². The van der Waals surface area contributed by atoms with E-state index in [0.717, 1.165) is 24.4 Å². The predicted molar refractivity (Wildman–Crippen MR) is 74.0 cm³/mol. The first-order valence-corrected chi connectivity index (χ1v) is 7.63. The lowest BCUT2D eigenvalue weighted by atomic mass is 9.72. The van der Waals surface area contributed by atoms with Gasteiger partial charge in [-0.2, -0.15) is 0 Å². The van der Waals surface area contributed by atoms with Crippen LogP contribution < -0.4 is 11.1 Å². The lowest BCUT2D eigenvalue weighted by Gasteiger charge is -2.43. The third kappa shape index (κ3) is 3.23. The van der Waals surface area contributed by atoms with Crippen LogP contribution in [0.1, 0.15) is 65.2 Å². The summed E-state index contributed by atoms with van der Waals surface area (Å²) in [4.78, 5) is 0. The number of hydrogen-bond donors (Lipinski definition) is 2. The standard InChI is InChI=1S/C15H30N2/c1-12(2)13-7-9-15(11-16,10-8-13)17-14-5-3-4-6-14/h12-14,17H,3-11,16H2,1-2H3. The average molecular weight is 238 g/mol. The van der Waals surface area contributed by atoms with E-state index in [1.54, 1.807) is 0 Å². The maximum Gasteiger partial charge on any atom is 0.0306 e. The molecule has 0 aromatic heterocycles. The summed E-state index contributed by atoms with van der Waals surface area (Å²) >= 11 is 0. The van der Waals surface area contributed by atoms with Gasteiger partial charge < -0.3 is 11.1 Å². The molecule has 2 aliphatic carbocycles. The Hall–Kier alpha value is -0.0800. The highest BCUT2D eigenvalue weighted by Crippen LogP contribution is 2.36. The summed E-state index contributed by atoms with van der Waals surface area (Å²) < 4.78 is 0. The van der Waals surface area contributed by atoms with E-state index in [-0.39, 0.29) is 5.54 Å². The molecule has 2 fully saturated rings. The largest absolute Gasteiger partial charge is 0.329 e. The Bertz CT molecular complexity index is 223. The Labute approximate surface area is 107 Å². The van der Waals surface area contributed by atoms with Crippen molar-refractivity contribution >= 4 is 0 Å². The van der Waals surface area contributed by atoms with Gasteiger partial charge in [-0.3, -0.25) is 0 Å². The first-order chi connectivity index (χ1) is 8.15. The molecule has 100 valence electrons. The summed E-state index contributed by atoms with van der Waals surface area (Å²) in [5, 5.41) is 3.92. The van der Waals surface area contributed by atoms with E-state index in [4.69, 9.17) is 5.73 Å². The molecule has 0 aliphatic heterocycles. The van der Waals surface area contributed by atoms with Crippen LogP contribution in [0.2, 0.25) is 0 Å². The summed E-state index contributed by atoms with van der Waals surface area (Å²) in [5.74, 6) is 1.78. The summed E-state index contributed by atoms with van der Waals surface area (Å²) in [6.07, 6.45) is 10.9. The van der Waals surface area contributed by atoms with Gasteiger partial charge in [0.25, 0.3) is 0 Å². The quantitative estimate of drug-likeness (QED) is 0.790. The number of nitrogens with one attached hydrogen (secondary N) is 1. The average Bonchev–Trinajstić information content (AvgIpc) is 2.82. The van der Waals surface area contributed by atoms with Gasteiger partial charge >= 0.3 is 0 Å². The van der Waals surface area contributed by atoms with Crippen molar-refractivity contribution in [3.63, 3.8) is 0 Å². The fourth-order valence-electron chi connectivity index (χ4n) is 3.77. The van der Waals surface area contributed by atoms with Crippen molar-refractivity contribution in [2.75, 3.05) is 6.54 Å². The Morgan fingerprint density at radius 2 is 1.71 bits per heavy atom. The smallest absolute Gasteiger partial charge is 0.0306 e. The van der Waals surface area contributed by atoms with E-state index in [1.807, 2.05) is 0 Å². The molecule has 0 unspecified atom stereocenters. The molecule has 2 heteroatoms. The van der Waals surface area contributed by atoms with E-state index in [1.165, 1.54) is 51.4 Å². The van der Waals surface area contributed by atoms with Crippen LogP contribution in [-0.2, 0) is 0 Å². The fraction of sp³-hybridized carbons (Fsp3) is 1.00. The van der Waals surface area contributed by atoms with Crippen LogP contribution in [0.5, 0.6) is 0 Å². The number of nitrogens with two attached hydrogens (primary N) is 1. The van der Waals surface area contributed by atoms with Crippen LogP contribution in [0, 0.1) is 11.8 Å². The number of rotatable bonds is 4. The zero-order chi connectivity index (χ0) is 12.3. The third-order valence-corrected chi connectivity index (χ3v) is 5.19. The molecule has 3 N–H and O–H groups in total. The van der Waals surface area contributed by atoms with Crippen molar-refractivity contribution in [3.8, 4) is 0 Å². The second-order valence-electron chi connectivity index (χ2n) is 6.69. The van der Waals surface area contributed by atoms with Crippen LogP contribution in [-0.4, -0.2) is 18.1 Å². The molecule has 2 aliphatic rings. The molecule has 17 heavy (non-hydrogen) atoms. The van der Waals surface area contributed by atoms with Gasteiger partial charge in [-0.25, -0.2) is 0 Å². The van der Waals surface area contributed by atoms with E-state index in [9.17, 15) is 0 Å². The van der Waals surface area contributed by atoms with Crippen molar-refractivity contribution in [3.05, 3.63) is 0 Å². The highest BCUT2D eigenvalue weighted by atomic mass is 15.0. The van der Waals surface area contributed by atoms with Crippen LogP contribution in [0.15, 0.2) is 0 Å². The van der Waals surface area contributed by atoms with E-state index >= 15 is 0 Å². The molecule has 0 atom stereocenters. The predicted octanol–water partition coefficient (Wildman–Crippen LogP) is 3.06. The first-order valence-electron chi connectivity index (χ1n) is 7.63. The second-order valence-corrected chi connectivity index (χ2v) is 6.69. The molecule has 0 saturated heterocycles. The molecule has 2 saturated carbocycles. The van der Waals surface area contributed by atoms with E-state index in [0.29, 0.717) is 0 Å². The van der Waals surface area contributed by atoms with Crippen LogP contribution in [0.4, 0.5) is 0 Å². The molecular formula is C15H30N2. The van der Waals surface area contributed by atoms with Gasteiger partial charge in [0.05, 0.1) is 0 Å². The molecule has 0 radical (unpaired) electrons. The molecule has 0 aromatic rings. The molecule has 0 spiro atoms. The zero-order valence-corrected chi connectivity index (χ0v) is 11.7. The normalized spacial score (nSPS) is 35.6. The van der Waals surface area contributed by atoms with Gasteiger partial charge in [-0.1, -0.05) is 26.7 Å². The molecule has 0 aromatic carbocycles. The van der Waals surface area contributed by atoms with Crippen molar-refractivity contribution in [1.29, 1.82) is 0 Å². The summed E-state index contributed by atoms with van der Waals surface area (Å²) in [6, 6.07) is 0.758. The SMILES string of the molecule is CC(C)C1CCC(CN)(NC2CCCC2)CC1. The van der Waals surface area contributed by atoms with Crippen molar-refractivity contribution in [2.24, 2.45) is 17.6 Å². The highest BCUT2D eigenvalue weighted by Gasteiger charge is 2.36. The fourth-order valence-corrected chi connectivity index (χ4v) is 3.77. The molecule has 0 bridgehead atoms. The topological polar surface area (TPSA) is 38.0 Å². The summed E-state index contributed by atoms with van der Waals surface area (Å²) in [7, 11) is 0. The lowest BCUT2D eigenvalue weighted by molar-refractivity contribution is 0.153. The first kappa shape index (κ1) is 13.4. The van der Waals surface area contributed by atoms with Gasteiger partial charge in [0, 0.05) is 18.1 Å². The minimum Gasteiger partial charge on any atom is -0.329 e. The summed E-state index contributed by atoms with van der Waals surface area (Å²) in [6.45, 7) is 5.56. The minimum atomic E-state index is 0.278. The molecular weight excluding hydrogens is 208 g/mol. The highest BCUT2D eigenvalue weighted by molar-refractivity contribution is 4.97. The minimum absolute atomic E-state index is 0.278. The second kappa shape index (κ2) is 5.71. The third-order valence-electron chi connectivity index (χ3n) is 5.19. The zero-order valence-electron chi connectivity index (χ0n) is 11.7. The number of hydrogen-bond acceptors (Lipinski definition) is 2. The van der Waals surface area contributed by atoms with E-state index in [2.05, 4.69) is 19.2 Å². The van der Waals surface area contributed by atoms with Gasteiger partial charge in [-0.15, -0.1) is 0 Å². The Morgan fingerprint density at radius 3 is 2.18 bits per heavy atom. The maximum atomic E-state index is 6.08. The van der Waals surface area contributed by atoms with Crippen LogP contribution in [0.25, 0.3) is 0 Å². The van der Waals surface area contributed by atoms with Gasteiger partial charge in [-0.05, 0) is 50.4 Å². The molecule has 0 amide bonds. The molecule has 2 nitrogen and oxygen atoms in total. The monoisotopic (exact) mass is 238 g/mol. The van der Waals surface area contributed by atoms with E-state index < -0.39 is 0 Å². The molecule has 2 rings (SSSR count). The maximum absolute atomic E-state index is 6.08. The van der Waals surface area contributed by atoms with Crippen molar-refractivity contribution < 1.29 is 0 Å². The Morgan fingerprint density at radius 1 is 1.12 bits per heavy atom. The Balaban J connectivity index is 1.88. The lowest BCUT2D eigenvalue weighted by Crippen LogP contribution is -2.56. The van der Waals surface area contributed by atoms with Gasteiger partial charge in [0.2, 0.25) is 0 Å². The van der Waals surface area contributed by atoms with Gasteiger partial charge in [0.15, 0.2) is 0 Å². The summed E-state index contributed by atoms with van der Waals surface area (Å²) in [5.41, 5.74) is 6.35. The van der Waals surface area contributed by atoms with Crippen LogP contribution in [0.3, 0.4) is 0 Å².